The predicted octanol–water partition coefficient (Wildman–Crippen LogP) is 2.15. The topological polar surface area (TPSA) is 68.5 Å². The van der Waals surface area contributed by atoms with Crippen LogP contribution in [0.1, 0.15) is 54.5 Å². The van der Waals surface area contributed by atoms with Crippen LogP contribution in [0.15, 0.2) is 10.5 Å². The molecule has 5 nitrogen and oxygen atoms in total. The monoisotopic (exact) mass is 265 g/mol. The lowest BCUT2D eigenvalue weighted by Gasteiger charge is -2.11. The van der Waals surface area contributed by atoms with E-state index < -0.39 is 12.0 Å². The van der Waals surface area contributed by atoms with Gasteiger partial charge in [0, 0.05) is 5.92 Å². The van der Waals surface area contributed by atoms with Crippen LogP contribution in [0.2, 0.25) is 0 Å². The average Bonchev–Trinajstić information content (AvgIpc) is 3.13. The molecule has 1 heterocycles. The van der Waals surface area contributed by atoms with Crippen molar-refractivity contribution in [2.45, 2.75) is 45.6 Å². The molecule has 1 aliphatic rings. The number of carbonyl (C=O) groups is 2. The fourth-order valence-corrected chi connectivity index (χ4v) is 1.90. The third-order valence-electron chi connectivity index (χ3n) is 3.15. The molecule has 1 N–H and O–H groups in total. The molecule has 1 saturated carbocycles. The van der Waals surface area contributed by atoms with Crippen LogP contribution >= 0.6 is 0 Å². The third kappa shape index (κ3) is 3.16. The maximum atomic E-state index is 12.1. The predicted molar refractivity (Wildman–Crippen MR) is 69.0 cm³/mol. The van der Waals surface area contributed by atoms with Gasteiger partial charge in [-0.15, -0.1) is 0 Å². The molecule has 1 aromatic rings. The first-order chi connectivity index (χ1) is 9.02. The molecule has 0 aliphatic heterocycles. The van der Waals surface area contributed by atoms with Gasteiger partial charge in [-0.1, -0.05) is 0 Å². The van der Waals surface area contributed by atoms with E-state index >= 15 is 0 Å². The molecular formula is C14H19NO4. The van der Waals surface area contributed by atoms with Gasteiger partial charge < -0.3 is 14.5 Å². The molecule has 19 heavy (non-hydrogen) atoms. The second-order valence-corrected chi connectivity index (χ2v) is 4.84. The van der Waals surface area contributed by atoms with E-state index in [1.807, 2.05) is 0 Å². The van der Waals surface area contributed by atoms with Gasteiger partial charge in [-0.25, -0.2) is 4.79 Å². The van der Waals surface area contributed by atoms with Crippen LogP contribution in [0.3, 0.4) is 0 Å². The summed E-state index contributed by atoms with van der Waals surface area (Å²) in [4.78, 5) is 23.5. The van der Waals surface area contributed by atoms with Crippen LogP contribution in [0.5, 0.6) is 0 Å². The standard InChI is InChI=1S/C14H19NO4/c1-4-18-14(17)8(2)15-13(16)11-7-12(10-5-6-10)19-9(11)3/h7-8,10H,4-6H2,1-3H3,(H,15,16)/t8-/m0/s1. The van der Waals surface area contributed by atoms with Crippen LogP contribution in [0.25, 0.3) is 0 Å². The summed E-state index contributed by atoms with van der Waals surface area (Å²) in [5.41, 5.74) is 0.498. The summed E-state index contributed by atoms with van der Waals surface area (Å²) < 4.78 is 10.4. The number of carbonyl (C=O) groups excluding carboxylic acids is 2. The Balaban J connectivity index is 2.01. The molecule has 104 valence electrons. The Morgan fingerprint density at radius 2 is 2.21 bits per heavy atom. The molecular weight excluding hydrogens is 246 g/mol. The molecule has 1 atom stereocenters. The molecule has 0 aromatic carbocycles. The van der Waals surface area contributed by atoms with Gasteiger partial charge in [0.1, 0.15) is 17.6 Å². The minimum atomic E-state index is -0.661. The number of amides is 1. The van der Waals surface area contributed by atoms with Crippen LogP contribution < -0.4 is 5.32 Å². The van der Waals surface area contributed by atoms with Gasteiger partial charge >= 0.3 is 5.97 Å². The summed E-state index contributed by atoms with van der Waals surface area (Å²) in [7, 11) is 0. The molecule has 0 bridgehead atoms. The normalized spacial score (nSPS) is 15.9. The lowest BCUT2D eigenvalue weighted by atomic mass is 10.2. The molecule has 0 radical (unpaired) electrons. The highest BCUT2D eigenvalue weighted by atomic mass is 16.5. The third-order valence-corrected chi connectivity index (χ3v) is 3.15. The first-order valence-electron chi connectivity index (χ1n) is 6.60. The minimum absolute atomic E-state index is 0.297. The number of hydrogen-bond donors (Lipinski definition) is 1. The van der Waals surface area contributed by atoms with Crippen molar-refractivity contribution in [2.75, 3.05) is 6.61 Å². The Hall–Kier alpha value is -1.78. The number of hydrogen-bond acceptors (Lipinski definition) is 4. The molecule has 0 saturated heterocycles. The minimum Gasteiger partial charge on any atom is -0.465 e. The smallest absolute Gasteiger partial charge is 0.328 e. The van der Waals surface area contributed by atoms with E-state index in [0.29, 0.717) is 23.8 Å². The number of aryl methyl sites for hydroxylation is 1. The van der Waals surface area contributed by atoms with Crippen molar-refractivity contribution in [3.63, 3.8) is 0 Å². The zero-order chi connectivity index (χ0) is 14.0. The largest absolute Gasteiger partial charge is 0.465 e. The molecule has 1 aliphatic carbocycles. The van der Waals surface area contributed by atoms with Crippen molar-refractivity contribution in [2.24, 2.45) is 0 Å². The van der Waals surface area contributed by atoms with Crippen LogP contribution in [0, 0.1) is 6.92 Å². The van der Waals surface area contributed by atoms with E-state index in [9.17, 15) is 9.59 Å². The molecule has 5 heteroatoms. The van der Waals surface area contributed by atoms with Crippen molar-refractivity contribution in [1.29, 1.82) is 0 Å². The first-order valence-corrected chi connectivity index (χ1v) is 6.60. The second-order valence-electron chi connectivity index (χ2n) is 4.84. The van der Waals surface area contributed by atoms with Crippen molar-refractivity contribution in [1.82, 2.24) is 5.32 Å². The SMILES string of the molecule is CCOC(=O)[C@H](C)NC(=O)c1cc(C2CC2)oc1C. The Morgan fingerprint density at radius 3 is 2.79 bits per heavy atom. The van der Waals surface area contributed by atoms with Crippen molar-refractivity contribution < 1.29 is 18.7 Å². The van der Waals surface area contributed by atoms with Gasteiger partial charge in [-0.3, -0.25) is 4.79 Å². The highest BCUT2D eigenvalue weighted by Gasteiger charge is 2.29. The first kappa shape index (κ1) is 13.6. The average molecular weight is 265 g/mol. The van der Waals surface area contributed by atoms with Gasteiger partial charge in [-0.2, -0.15) is 0 Å². The van der Waals surface area contributed by atoms with Gasteiger partial charge in [0.25, 0.3) is 5.91 Å². The molecule has 0 unspecified atom stereocenters. The van der Waals surface area contributed by atoms with E-state index in [1.165, 1.54) is 0 Å². The summed E-state index contributed by atoms with van der Waals surface area (Å²) in [6.45, 7) is 5.40. The Labute approximate surface area is 112 Å². The van der Waals surface area contributed by atoms with Crippen molar-refractivity contribution in [3.05, 3.63) is 23.2 Å². The summed E-state index contributed by atoms with van der Waals surface area (Å²) >= 11 is 0. The van der Waals surface area contributed by atoms with Gasteiger partial charge in [0.2, 0.25) is 0 Å². The molecule has 1 fully saturated rings. The number of ether oxygens (including phenoxy) is 1. The Kier molecular flexibility index (Phi) is 3.93. The van der Waals surface area contributed by atoms with Crippen molar-refractivity contribution >= 4 is 11.9 Å². The van der Waals surface area contributed by atoms with E-state index in [2.05, 4.69) is 5.32 Å². The van der Waals surface area contributed by atoms with Gasteiger partial charge in [0.05, 0.1) is 12.2 Å². The molecule has 2 rings (SSSR count). The Morgan fingerprint density at radius 1 is 1.53 bits per heavy atom. The number of rotatable bonds is 5. The lowest BCUT2D eigenvalue weighted by molar-refractivity contribution is -0.144. The van der Waals surface area contributed by atoms with Crippen molar-refractivity contribution in [3.8, 4) is 0 Å². The zero-order valence-corrected chi connectivity index (χ0v) is 11.5. The van der Waals surface area contributed by atoms with Gasteiger partial charge in [0.15, 0.2) is 0 Å². The van der Waals surface area contributed by atoms with E-state index in [0.717, 1.165) is 18.6 Å². The number of nitrogens with one attached hydrogen (secondary N) is 1. The highest BCUT2D eigenvalue weighted by molar-refractivity contribution is 5.97. The molecule has 1 aromatic heterocycles. The number of esters is 1. The Bertz CT molecular complexity index is 488. The fraction of sp³-hybridized carbons (Fsp3) is 0.571. The zero-order valence-electron chi connectivity index (χ0n) is 11.5. The summed E-state index contributed by atoms with van der Waals surface area (Å²) in [6.07, 6.45) is 2.24. The van der Waals surface area contributed by atoms with Crippen LogP contribution in [-0.4, -0.2) is 24.5 Å². The summed E-state index contributed by atoms with van der Waals surface area (Å²) in [5, 5.41) is 2.62. The molecule has 0 spiro atoms. The maximum Gasteiger partial charge on any atom is 0.328 e. The second kappa shape index (κ2) is 5.47. The quantitative estimate of drug-likeness (QED) is 0.828. The van der Waals surface area contributed by atoms with Gasteiger partial charge in [-0.05, 0) is 39.7 Å². The van der Waals surface area contributed by atoms with E-state index in [4.69, 9.17) is 9.15 Å². The summed E-state index contributed by atoms with van der Waals surface area (Å²) in [5.74, 6) is 1.19. The van der Waals surface area contributed by atoms with Crippen LogP contribution in [0.4, 0.5) is 0 Å². The maximum absolute atomic E-state index is 12.1. The molecule has 1 amide bonds. The fourth-order valence-electron chi connectivity index (χ4n) is 1.90. The highest BCUT2D eigenvalue weighted by Crippen LogP contribution is 2.41. The lowest BCUT2D eigenvalue weighted by Crippen LogP contribution is -2.39. The van der Waals surface area contributed by atoms with E-state index in [1.54, 1.807) is 26.8 Å². The number of furan rings is 1. The van der Waals surface area contributed by atoms with Crippen LogP contribution in [-0.2, 0) is 9.53 Å². The van der Waals surface area contributed by atoms with E-state index in [-0.39, 0.29) is 5.91 Å². The summed E-state index contributed by atoms with van der Waals surface area (Å²) in [6, 6.07) is 1.12.